The van der Waals surface area contributed by atoms with Crippen LogP contribution in [0.5, 0.6) is 0 Å². The Kier molecular flexibility index (Phi) is 4.20. The second kappa shape index (κ2) is 6.53. The van der Waals surface area contributed by atoms with Gasteiger partial charge in [0.25, 0.3) is 0 Å². The average Bonchev–Trinajstić information content (AvgIpc) is 3.24. The maximum absolute atomic E-state index is 12.3. The summed E-state index contributed by atoms with van der Waals surface area (Å²) in [6.45, 7) is 0.883. The number of allylic oxidation sites excluding steroid dienone is 1. The first-order valence-electron chi connectivity index (χ1n) is 8.19. The monoisotopic (exact) mass is 410 g/mol. The number of halogens is 1. The molecule has 0 aliphatic carbocycles. The van der Waals surface area contributed by atoms with Crippen molar-refractivity contribution >= 4 is 44.6 Å². The van der Waals surface area contributed by atoms with Crippen LogP contribution in [-0.2, 0) is 4.74 Å². The molecule has 2 aromatic carbocycles. The number of methoxy groups -OCH3 is 1. The lowest BCUT2D eigenvalue weighted by atomic mass is 10.0. The minimum absolute atomic E-state index is 0.316. The smallest absolute Gasteiger partial charge is 0.359 e. The lowest BCUT2D eigenvalue weighted by Crippen LogP contribution is -2.04. The zero-order valence-corrected chi connectivity index (χ0v) is 16.0. The van der Waals surface area contributed by atoms with Crippen LogP contribution in [0.1, 0.15) is 16.1 Å². The summed E-state index contributed by atoms with van der Waals surface area (Å²) < 4.78 is 9.78. The summed E-state index contributed by atoms with van der Waals surface area (Å²) >= 11 is 3.49. The molecule has 6 heteroatoms. The van der Waals surface area contributed by atoms with Crippen LogP contribution in [0.3, 0.4) is 0 Å². The van der Waals surface area contributed by atoms with Gasteiger partial charge in [-0.15, -0.1) is 0 Å². The molecule has 0 saturated carbocycles. The van der Waals surface area contributed by atoms with E-state index in [0.29, 0.717) is 5.69 Å². The van der Waals surface area contributed by atoms with Gasteiger partial charge in [0.15, 0.2) is 18.5 Å². The quantitative estimate of drug-likeness (QED) is 0.488. The van der Waals surface area contributed by atoms with Gasteiger partial charge in [-0.1, -0.05) is 28.1 Å². The van der Waals surface area contributed by atoms with Crippen LogP contribution in [0.25, 0.3) is 22.2 Å². The average molecular weight is 411 g/mol. The number of carbonyl (C=O) groups is 1. The Morgan fingerprint density at radius 3 is 2.81 bits per heavy atom. The van der Waals surface area contributed by atoms with E-state index in [4.69, 9.17) is 4.74 Å². The molecule has 4 rings (SSSR count). The van der Waals surface area contributed by atoms with Gasteiger partial charge in [0, 0.05) is 15.4 Å². The largest absolute Gasteiger partial charge is 0.464 e. The zero-order chi connectivity index (χ0) is 18.3. The topological polar surface area (TPSA) is 47.1 Å². The maximum atomic E-state index is 12.3. The summed E-state index contributed by atoms with van der Waals surface area (Å²) in [6, 6.07) is 13.9. The summed E-state index contributed by atoms with van der Waals surface area (Å²) in [5.41, 5.74) is 4.25. The van der Waals surface area contributed by atoms with Gasteiger partial charge in [0.05, 0.1) is 18.3 Å². The Morgan fingerprint density at radius 1 is 1.27 bits per heavy atom. The first kappa shape index (κ1) is 16.7. The lowest BCUT2D eigenvalue weighted by molar-refractivity contribution is -0.477. The van der Waals surface area contributed by atoms with Crippen molar-refractivity contribution in [3.8, 4) is 5.69 Å². The van der Waals surface area contributed by atoms with Gasteiger partial charge in [-0.25, -0.2) is 14.1 Å². The van der Waals surface area contributed by atoms with Crippen molar-refractivity contribution in [2.24, 2.45) is 0 Å². The molecule has 3 aromatic rings. The minimum atomic E-state index is -0.442. The Balaban J connectivity index is 1.94. The molecule has 0 N–H and O–H groups in total. The number of nitrogens with zero attached hydrogens (tertiary/aromatic N) is 3. The normalized spacial score (nSPS) is 13.7. The molecule has 0 radical (unpaired) electrons. The summed E-state index contributed by atoms with van der Waals surface area (Å²) in [5, 5.41) is 5.31. The number of aromatic nitrogens is 2. The number of hydrogen-bond donors (Lipinski definition) is 0. The van der Waals surface area contributed by atoms with Crippen molar-refractivity contribution in [3.05, 3.63) is 64.3 Å². The molecule has 0 fully saturated rings. The summed E-state index contributed by atoms with van der Waals surface area (Å²) in [7, 11) is 3.41. The van der Waals surface area contributed by atoms with Gasteiger partial charge in [0.2, 0.25) is 0 Å². The van der Waals surface area contributed by atoms with Crippen LogP contribution in [0, 0.1) is 0 Å². The third-order valence-electron chi connectivity index (χ3n) is 4.40. The number of hydrogen-bond acceptors (Lipinski definition) is 3. The Morgan fingerprint density at radius 2 is 2.12 bits per heavy atom. The molecule has 0 spiro atoms. The third-order valence-corrected chi connectivity index (χ3v) is 4.90. The van der Waals surface area contributed by atoms with Crippen molar-refractivity contribution in [2.45, 2.75) is 0 Å². The van der Waals surface area contributed by atoms with E-state index in [-0.39, 0.29) is 0 Å². The molecule has 5 nitrogen and oxygen atoms in total. The van der Waals surface area contributed by atoms with Gasteiger partial charge in [-0.05, 0) is 42.0 Å². The summed E-state index contributed by atoms with van der Waals surface area (Å²) in [5.74, 6) is -0.442. The van der Waals surface area contributed by atoms with Crippen molar-refractivity contribution < 1.29 is 14.1 Å². The van der Waals surface area contributed by atoms with E-state index in [1.807, 2.05) is 43.4 Å². The number of benzene rings is 2. The molecular weight excluding hydrogens is 394 g/mol. The Hall–Kier alpha value is -2.73. The number of ether oxygens (including phenoxy) is 1. The summed E-state index contributed by atoms with van der Waals surface area (Å²) in [6.07, 6.45) is 4.26. The molecule has 0 bridgehead atoms. The molecule has 0 unspecified atom stereocenters. The van der Waals surface area contributed by atoms with E-state index < -0.39 is 5.97 Å². The molecule has 2 heterocycles. The van der Waals surface area contributed by atoms with E-state index >= 15 is 0 Å². The van der Waals surface area contributed by atoms with Gasteiger partial charge >= 0.3 is 5.97 Å². The highest BCUT2D eigenvalue weighted by atomic mass is 79.9. The summed E-state index contributed by atoms with van der Waals surface area (Å²) in [4.78, 5) is 12.3. The molecule has 1 aromatic heterocycles. The molecule has 130 valence electrons. The van der Waals surface area contributed by atoms with Crippen LogP contribution in [0.4, 0.5) is 0 Å². The fourth-order valence-electron chi connectivity index (χ4n) is 3.13. The van der Waals surface area contributed by atoms with Crippen molar-refractivity contribution in [2.75, 3.05) is 20.7 Å². The van der Waals surface area contributed by atoms with Crippen LogP contribution in [0.2, 0.25) is 0 Å². The molecule has 1 aliphatic rings. The standard InChI is InChI=1S/C20H17BrN3O2/c1-23-9-8-14(12-23)13-6-7-18-17(10-13)19(20(25)26-2)22-24(18)16-5-3-4-15(21)11-16/h3-8,10-12H,9H2,1-2H3/q+1. The Bertz CT molecular complexity index is 1100. The van der Waals surface area contributed by atoms with Crippen LogP contribution < -0.4 is 0 Å². The van der Waals surface area contributed by atoms with Crippen molar-refractivity contribution in [3.63, 3.8) is 0 Å². The minimum Gasteiger partial charge on any atom is -0.464 e. The van der Waals surface area contributed by atoms with Gasteiger partial charge < -0.3 is 4.74 Å². The van der Waals surface area contributed by atoms with E-state index in [2.05, 4.69) is 44.0 Å². The fourth-order valence-corrected chi connectivity index (χ4v) is 3.51. The highest BCUT2D eigenvalue weighted by molar-refractivity contribution is 9.10. The highest BCUT2D eigenvalue weighted by Gasteiger charge is 2.20. The van der Waals surface area contributed by atoms with Crippen molar-refractivity contribution in [1.82, 2.24) is 9.78 Å². The predicted molar refractivity (Wildman–Crippen MR) is 105 cm³/mol. The van der Waals surface area contributed by atoms with Gasteiger partial charge in [0.1, 0.15) is 7.05 Å². The molecule has 1 aliphatic heterocycles. The predicted octanol–water partition coefficient (Wildman–Crippen LogP) is 3.68. The van der Waals surface area contributed by atoms with E-state index in [1.54, 1.807) is 4.68 Å². The van der Waals surface area contributed by atoms with Gasteiger partial charge in [-0.3, -0.25) is 0 Å². The second-order valence-electron chi connectivity index (χ2n) is 6.19. The molecule has 0 saturated heterocycles. The number of rotatable bonds is 3. The number of likely N-dealkylation sites (N-methyl/N-ethyl adjacent to an activating group) is 1. The molecule has 0 amide bonds. The van der Waals surface area contributed by atoms with Crippen LogP contribution in [-0.4, -0.2) is 47.2 Å². The first-order valence-corrected chi connectivity index (χ1v) is 8.99. The van der Waals surface area contributed by atoms with Crippen LogP contribution >= 0.6 is 15.9 Å². The number of esters is 1. The van der Waals surface area contributed by atoms with Gasteiger partial charge in [-0.2, -0.15) is 5.10 Å². The zero-order valence-electron chi connectivity index (χ0n) is 14.4. The first-order chi connectivity index (χ1) is 12.6. The number of carbonyl (C=O) groups excluding carboxylic acids is 1. The highest BCUT2D eigenvalue weighted by Crippen LogP contribution is 2.28. The Labute approximate surface area is 159 Å². The van der Waals surface area contributed by atoms with E-state index in [9.17, 15) is 4.79 Å². The van der Waals surface area contributed by atoms with E-state index in [0.717, 1.165) is 38.7 Å². The lowest BCUT2D eigenvalue weighted by Gasteiger charge is -2.04. The van der Waals surface area contributed by atoms with E-state index in [1.165, 1.54) is 7.11 Å². The fraction of sp³-hybridized carbons (Fsp3) is 0.150. The van der Waals surface area contributed by atoms with Crippen LogP contribution in [0.15, 0.2) is 53.0 Å². The SMILES string of the molecule is COC(=O)c1nn(-c2cccc(Br)c2)c2ccc(C3=CC[N+](C)=C3)cc12. The molecule has 0 atom stereocenters. The second-order valence-corrected chi connectivity index (χ2v) is 7.11. The third kappa shape index (κ3) is 2.86. The number of fused-ring (bicyclic) bond motifs is 1. The molecule has 26 heavy (non-hydrogen) atoms. The molecular formula is C20H17BrN3O2+. The van der Waals surface area contributed by atoms with Crippen molar-refractivity contribution in [1.29, 1.82) is 0 Å². The maximum Gasteiger partial charge on any atom is 0.359 e.